The number of nitrogens with zero attached hydrogens (tertiary/aromatic N) is 3. The Morgan fingerprint density at radius 3 is 2.70 bits per heavy atom. The monoisotopic (exact) mass is 520 g/mol. The number of nitrogens with one attached hydrogen (secondary N) is 1. The van der Waals surface area contributed by atoms with E-state index in [0.29, 0.717) is 35.2 Å². The van der Waals surface area contributed by atoms with Crippen molar-refractivity contribution in [2.75, 3.05) is 11.9 Å². The van der Waals surface area contributed by atoms with Crippen LogP contribution < -0.4 is 10.2 Å². The molecule has 1 aliphatic carbocycles. The van der Waals surface area contributed by atoms with Crippen LogP contribution in [0.4, 0.5) is 5.82 Å². The average Bonchev–Trinajstić information content (AvgIpc) is 3.32. The Labute approximate surface area is 222 Å². The first-order chi connectivity index (χ1) is 18.0. The molecule has 0 bridgehead atoms. The largest absolute Gasteiger partial charge is 0.371 e. The smallest absolute Gasteiger partial charge is 0.272 e. The normalized spacial score (nSPS) is 19.2. The van der Waals surface area contributed by atoms with Gasteiger partial charge in [0.15, 0.2) is 11.5 Å². The summed E-state index contributed by atoms with van der Waals surface area (Å²) in [5.74, 6) is 0.768. The third kappa shape index (κ3) is 5.73. The van der Waals surface area contributed by atoms with Crippen LogP contribution in [0.3, 0.4) is 0 Å². The molecular formula is C29H33ClN4O3. The van der Waals surface area contributed by atoms with Gasteiger partial charge >= 0.3 is 0 Å². The molecule has 2 amide bonds. The van der Waals surface area contributed by atoms with Gasteiger partial charge in [0.05, 0.1) is 18.8 Å². The summed E-state index contributed by atoms with van der Waals surface area (Å²) in [6, 6.07) is 16.8. The number of hydrogen-bond acceptors (Lipinski definition) is 4. The number of ether oxygens (including phenoxy) is 1. The highest BCUT2D eigenvalue weighted by Crippen LogP contribution is 2.29. The Morgan fingerprint density at radius 2 is 1.89 bits per heavy atom. The van der Waals surface area contributed by atoms with Crippen LogP contribution in [-0.4, -0.2) is 40.6 Å². The van der Waals surface area contributed by atoms with Crippen molar-refractivity contribution in [2.24, 2.45) is 0 Å². The summed E-state index contributed by atoms with van der Waals surface area (Å²) >= 11 is 6.12. The minimum Gasteiger partial charge on any atom is -0.371 e. The fourth-order valence-electron chi connectivity index (χ4n) is 5.32. The van der Waals surface area contributed by atoms with E-state index < -0.39 is 0 Å². The number of fused-ring (bicyclic) bond motifs is 1. The number of amides is 2. The van der Waals surface area contributed by atoms with E-state index in [4.69, 9.17) is 21.3 Å². The molecule has 2 unspecified atom stereocenters. The molecule has 1 saturated carbocycles. The topological polar surface area (TPSA) is 76.5 Å². The van der Waals surface area contributed by atoms with Gasteiger partial charge in [0, 0.05) is 30.6 Å². The predicted octanol–water partition coefficient (Wildman–Crippen LogP) is 5.41. The fraction of sp³-hybridized carbons (Fsp3) is 0.414. The summed E-state index contributed by atoms with van der Waals surface area (Å²) in [6.45, 7) is 1.23. The molecule has 5 rings (SSSR count). The Balaban J connectivity index is 1.38. The van der Waals surface area contributed by atoms with Gasteiger partial charge in [-0.25, -0.2) is 4.98 Å². The van der Waals surface area contributed by atoms with Crippen molar-refractivity contribution in [2.45, 2.75) is 70.2 Å². The van der Waals surface area contributed by atoms with Crippen LogP contribution in [0.1, 0.15) is 70.8 Å². The van der Waals surface area contributed by atoms with Gasteiger partial charge in [-0.05, 0) is 49.4 Å². The van der Waals surface area contributed by atoms with Gasteiger partial charge in [0.2, 0.25) is 0 Å². The third-order valence-electron chi connectivity index (χ3n) is 7.30. The SMILES string of the molecule is CN(C(=O)c1cccc(Cl)c1)c1nc2n(c1C(=O)NC1CCCCC1OCc1ccccc1)CCCC2. The van der Waals surface area contributed by atoms with Crippen molar-refractivity contribution in [3.05, 3.63) is 82.3 Å². The summed E-state index contributed by atoms with van der Waals surface area (Å²) in [4.78, 5) is 33.4. The molecule has 8 heteroatoms. The first-order valence-corrected chi connectivity index (χ1v) is 13.5. The Kier molecular flexibility index (Phi) is 7.91. The molecule has 2 heterocycles. The second kappa shape index (κ2) is 11.5. The van der Waals surface area contributed by atoms with Gasteiger partial charge in [-0.2, -0.15) is 0 Å². The van der Waals surface area contributed by atoms with E-state index in [1.807, 2.05) is 34.9 Å². The lowest BCUT2D eigenvalue weighted by Crippen LogP contribution is -2.47. The number of hydrogen-bond donors (Lipinski definition) is 1. The lowest BCUT2D eigenvalue weighted by atomic mass is 9.92. The van der Waals surface area contributed by atoms with E-state index in [1.165, 1.54) is 4.90 Å². The lowest BCUT2D eigenvalue weighted by molar-refractivity contribution is -0.00470. The zero-order valence-corrected chi connectivity index (χ0v) is 21.9. The van der Waals surface area contributed by atoms with Gasteiger partial charge in [-0.3, -0.25) is 14.5 Å². The highest BCUT2D eigenvalue weighted by atomic mass is 35.5. The minimum atomic E-state index is -0.256. The van der Waals surface area contributed by atoms with E-state index in [1.54, 1.807) is 31.3 Å². The molecule has 3 aromatic rings. The van der Waals surface area contributed by atoms with Gasteiger partial charge in [-0.15, -0.1) is 0 Å². The number of anilines is 1. The molecule has 1 aromatic heterocycles. The Hall–Kier alpha value is -3.16. The zero-order chi connectivity index (χ0) is 25.8. The summed E-state index contributed by atoms with van der Waals surface area (Å²) < 4.78 is 8.27. The maximum absolute atomic E-state index is 13.8. The van der Waals surface area contributed by atoms with E-state index in [2.05, 4.69) is 5.32 Å². The quantitative estimate of drug-likeness (QED) is 0.452. The minimum absolute atomic E-state index is 0.0593. The predicted molar refractivity (Wildman–Crippen MR) is 144 cm³/mol. The number of aromatic nitrogens is 2. The second-order valence-electron chi connectivity index (χ2n) is 9.88. The third-order valence-corrected chi connectivity index (χ3v) is 7.53. The molecule has 0 spiro atoms. The van der Waals surface area contributed by atoms with E-state index in [9.17, 15) is 9.59 Å². The number of imidazole rings is 1. The summed E-state index contributed by atoms with van der Waals surface area (Å²) in [7, 11) is 1.67. The molecule has 1 N–H and O–H groups in total. The molecule has 2 aromatic carbocycles. The number of benzene rings is 2. The first kappa shape index (κ1) is 25.5. The average molecular weight is 521 g/mol. The number of halogens is 1. The molecule has 1 fully saturated rings. The highest BCUT2D eigenvalue weighted by Gasteiger charge is 2.33. The lowest BCUT2D eigenvalue weighted by Gasteiger charge is -2.32. The first-order valence-electron chi connectivity index (χ1n) is 13.1. The maximum atomic E-state index is 13.8. The molecule has 2 aliphatic rings. The molecule has 2 atom stereocenters. The molecule has 7 nitrogen and oxygen atoms in total. The van der Waals surface area contributed by atoms with Crippen LogP contribution >= 0.6 is 11.6 Å². The molecular weight excluding hydrogens is 488 g/mol. The summed E-state index contributed by atoms with van der Waals surface area (Å²) in [5.41, 5.74) is 2.01. The summed E-state index contributed by atoms with van der Waals surface area (Å²) in [5, 5.41) is 3.74. The highest BCUT2D eigenvalue weighted by molar-refractivity contribution is 6.31. The van der Waals surface area contributed by atoms with Crippen molar-refractivity contribution in [3.8, 4) is 0 Å². The summed E-state index contributed by atoms with van der Waals surface area (Å²) in [6.07, 6.45) is 6.60. The molecule has 194 valence electrons. The molecule has 37 heavy (non-hydrogen) atoms. The molecule has 0 radical (unpaired) electrons. The van der Waals surface area contributed by atoms with E-state index in [-0.39, 0.29) is 24.0 Å². The second-order valence-corrected chi connectivity index (χ2v) is 10.3. The van der Waals surface area contributed by atoms with Crippen LogP contribution in [0.25, 0.3) is 0 Å². The van der Waals surface area contributed by atoms with Crippen LogP contribution in [0.15, 0.2) is 54.6 Å². The number of carbonyl (C=O) groups excluding carboxylic acids is 2. The van der Waals surface area contributed by atoms with Gasteiger partial charge < -0.3 is 14.6 Å². The van der Waals surface area contributed by atoms with Crippen LogP contribution in [0.2, 0.25) is 5.02 Å². The molecule has 1 aliphatic heterocycles. The number of carbonyl (C=O) groups is 2. The van der Waals surface area contributed by atoms with Crippen molar-refractivity contribution in [3.63, 3.8) is 0 Å². The van der Waals surface area contributed by atoms with Crippen molar-refractivity contribution >= 4 is 29.2 Å². The van der Waals surface area contributed by atoms with Crippen molar-refractivity contribution in [1.82, 2.24) is 14.9 Å². The van der Waals surface area contributed by atoms with Crippen LogP contribution in [0.5, 0.6) is 0 Å². The standard InChI is InChI=1S/C29H33ClN4O3/c1-33(29(36)21-12-9-13-22(30)18-21)27-26(34-17-8-7-16-25(34)32-27)28(35)31-23-14-5-6-15-24(23)37-19-20-10-3-2-4-11-20/h2-4,9-13,18,23-24H,5-8,14-17,19H2,1H3,(H,31,35). The van der Waals surface area contributed by atoms with Gasteiger partial charge in [0.1, 0.15) is 5.82 Å². The van der Waals surface area contributed by atoms with Crippen molar-refractivity contribution < 1.29 is 14.3 Å². The van der Waals surface area contributed by atoms with Crippen LogP contribution in [0, 0.1) is 0 Å². The maximum Gasteiger partial charge on any atom is 0.272 e. The zero-order valence-electron chi connectivity index (χ0n) is 21.2. The van der Waals surface area contributed by atoms with E-state index in [0.717, 1.165) is 56.3 Å². The Morgan fingerprint density at radius 1 is 1.08 bits per heavy atom. The number of rotatable bonds is 7. The van der Waals surface area contributed by atoms with Crippen LogP contribution in [-0.2, 0) is 24.3 Å². The fourth-order valence-corrected chi connectivity index (χ4v) is 5.51. The van der Waals surface area contributed by atoms with Gasteiger partial charge in [0.25, 0.3) is 11.8 Å². The van der Waals surface area contributed by atoms with Gasteiger partial charge in [-0.1, -0.05) is 60.8 Å². The Bertz CT molecular complexity index is 1260. The molecule has 0 saturated heterocycles. The van der Waals surface area contributed by atoms with E-state index >= 15 is 0 Å². The number of aryl methyl sites for hydroxylation is 1. The van der Waals surface area contributed by atoms with Crippen molar-refractivity contribution in [1.29, 1.82) is 0 Å².